The summed E-state index contributed by atoms with van der Waals surface area (Å²) in [6.07, 6.45) is 2.65. The third-order valence-electron chi connectivity index (χ3n) is 2.72. The van der Waals surface area contributed by atoms with E-state index in [2.05, 4.69) is 28.4 Å². The first-order valence-electron chi connectivity index (χ1n) is 5.25. The Balaban J connectivity index is 2.68. The molecule has 2 rings (SSSR count). The van der Waals surface area contributed by atoms with Crippen molar-refractivity contribution in [1.82, 2.24) is 14.5 Å². The van der Waals surface area contributed by atoms with E-state index >= 15 is 0 Å². The van der Waals surface area contributed by atoms with Gasteiger partial charge >= 0.3 is 0 Å². The summed E-state index contributed by atoms with van der Waals surface area (Å²) in [5.74, 6) is 1.24. The summed E-state index contributed by atoms with van der Waals surface area (Å²) in [5, 5.41) is 0.599. The highest BCUT2D eigenvalue weighted by atomic mass is 35.5. The molecule has 2 aromatic rings. The Bertz CT molecular complexity index is 507. The van der Waals surface area contributed by atoms with Crippen LogP contribution in [-0.4, -0.2) is 14.5 Å². The number of nitrogens with zero attached hydrogens (tertiary/aromatic N) is 3. The fraction of sp³-hybridized carbons (Fsp3) is 0.455. The molecule has 0 aliphatic rings. The van der Waals surface area contributed by atoms with Crippen molar-refractivity contribution < 1.29 is 0 Å². The Hall–Kier alpha value is -0.800. The lowest BCUT2D eigenvalue weighted by molar-refractivity contribution is 0.527. The highest BCUT2D eigenvalue weighted by Gasteiger charge is 2.15. The molecule has 0 bridgehead atoms. The maximum Gasteiger partial charge on any atom is 0.160 e. The second-order valence-corrected chi connectivity index (χ2v) is 4.49. The molecule has 16 heavy (non-hydrogen) atoms. The molecular formula is C11H13Cl2N3. The number of fused-ring (bicyclic) bond motifs is 1. The van der Waals surface area contributed by atoms with Gasteiger partial charge in [-0.2, -0.15) is 0 Å². The molecular weight excluding hydrogens is 245 g/mol. The Morgan fingerprint density at radius 3 is 2.88 bits per heavy atom. The van der Waals surface area contributed by atoms with Crippen molar-refractivity contribution in [3.8, 4) is 0 Å². The van der Waals surface area contributed by atoms with Gasteiger partial charge in [0, 0.05) is 12.2 Å². The number of alkyl halides is 1. The van der Waals surface area contributed by atoms with Crippen molar-refractivity contribution in [1.29, 1.82) is 0 Å². The smallest absolute Gasteiger partial charge is 0.160 e. The van der Waals surface area contributed by atoms with Gasteiger partial charge in [0.15, 0.2) is 5.65 Å². The molecule has 0 radical (unpaired) electrons. The van der Waals surface area contributed by atoms with Gasteiger partial charge in [-0.3, -0.25) is 0 Å². The fourth-order valence-electron chi connectivity index (χ4n) is 1.74. The summed E-state index contributed by atoms with van der Waals surface area (Å²) in [7, 11) is 0. The largest absolute Gasteiger partial charge is 0.309 e. The monoisotopic (exact) mass is 257 g/mol. The zero-order valence-electron chi connectivity index (χ0n) is 9.24. The maximum atomic E-state index is 5.90. The van der Waals surface area contributed by atoms with E-state index in [9.17, 15) is 0 Å². The molecule has 0 amide bonds. The topological polar surface area (TPSA) is 30.7 Å². The molecule has 1 unspecified atom stereocenters. The average molecular weight is 258 g/mol. The minimum Gasteiger partial charge on any atom is -0.309 e. The Morgan fingerprint density at radius 1 is 1.50 bits per heavy atom. The lowest BCUT2D eigenvalue weighted by atomic mass is 10.2. The molecule has 1 atom stereocenters. The summed E-state index contributed by atoms with van der Waals surface area (Å²) in [6.45, 7) is 4.26. The van der Waals surface area contributed by atoms with Crippen LogP contribution in [0.5, 0.6) is 0 Å². The minimum atomic E-state index is 0.340. The normalized spacial score (nSPS) is 13.2. The zero-order chi connectivity index (χ0) is 11.7. The first kappa shape index (κ1) is 11.7. The van der Waals surface area contributed by atoms with E-state index < -0.39 is 0 Å². The average Bonchev–Trinajstić information content (AvgIpc) is 2.65. The minimum absolute atomic E-state index is 0.340. The van der Waals surface area contributed by atoms with Crippen LogP contribution in [0.1, 0.15) is 32.1 Å². The lowest BCUT2D eigenvalue weighted by Gasteiger charge is -2.13. The third-order valence-corrected chi connectivity index (χ3v) is 3.17. The van der Waals surface area contributed by atoms with Crippen molar-refractivity contribution in [3.63, 3.8) is 0 Å². The predicted octanol–water partition coefficient (Wildman–Crippen LogP) is 3.79. The number of pyridine rings is 1. The SMILES string of the molecule is CCC(C)n1c(CCl)nc2cc(Cl)cnc21. The summed E-state index contributed by atoms with van der Waals surface area (Å²) in [5.41, 5.74) is 1.66. The van der Waals surface area contributed by atoms with E-state index in [1.54, 1.807) is 6.20 Å². The number of aromatic nitrogens is 3. The van der Waals surface area contributed by atoms with Crippen LogP contribution < -0.4 is 0 Å². The molecule has 3 nitrogen and oxygen atoms in total. The van der Waals surface area contributed by atoms with Gasteiger partial charge in [-0.25, -0.2) is 9.97 Å². The van der Waals surface area contributed by atoms with Gasteiger partial charge in [0.05, 0.1) is 10.9 Å². The number of hydrogen-bond acceptors (Lipinski definition) is 2. The fourth-order valence-corrected chi connectivity index (χ4v) is 2.09. The van der Waals surface area contributed by atoms with Gasteiger partial charge in [-0.05, 0) is 19.4 Å². The second kappa shape index (κ2) is 4.60. The molecule has 0 aliphatic carbocycles. The second-order valence-electron chi connectivity index (χ2n) is 3.79. The van der Waals surface area contributed by atoms with Gasteiger partial charge in [0.25, 0.3) is 0 Å². The van der Waals surface area contributed by atoms with Crippen molar-refractivity contribution in [2.75, 3.05) is 0 Å². The van der Waals surface area contributed by atoms with E-state index in [0.717, 1.165) is 23.4 Å². The van der Waals surface area contributed by atoms with Crippen LogP contribution in [-0.2, 0) is 5.88 Å². The van der Waals surface area contributed by atoms with Gasteiger partial charge in [0.2, 0.25) is 0 Å². The number of hydrogen-bond donors (Lipinski definition) is 0. The van der Waals surface area contributed by atoms with Gasteiger partial charge in [-0.15, -0.1) is 11.6 Å². The molecule has 5 heteroatoms. The first-order valence-corrected chi connectivity index (χ1v) is 6.17. The van der Waals surface area contributed by atoms with E-state index in [-0.39, 0.29) is 0 Å². The number of imidazole rings is 1. The van der Waals surface area contributed by atoms with E-state index in [1.807, 2.05) is 6.07 Å². The van der Waals surface area contributed by atoms with Gasteiger partial charge < -0.3 is 4.57 Å². The molecule has 2 aromatic heterocycles. The Labute approximate surface area is 104 Å². The molecule has 0 saturated carbocycles. The van der Waals surface area contributed by atoms with Crippen LogP contribution in [0.3, 0.4) is 0 Å². The quantitative estimate of drug-likeness (QED) is 0.784. The highest BCUT2D eigenvalue weighted by molar-refractivity contribution is 6.31. The standard InChI is InChI=1S/C11H13Cl2N3/c1-3-7(2)16-10(5-12)15-9-4-8(13)6-14-11(9)16/h4,6-7H,3,5H2,1-2H3. The molecule has 0 spiro atoms. The van der Waals surface area contributed by atoms with E-state index in [0.29, 0.717) is 16.9 Å². The third kappa shape index (κ3) is 1.89. The van der Waals surface area contributed by atoms with Crippen molar-refractivity contribution in [2.24, 2.45) is 0 Å². The van der Waals surface area contributed by atoms with Crippen LogP contribution in [0.2, 0.25) is 5.02 Å². The number of halogens is 2. The van der Waals surface area contributed by atoms with Crippen LogP contribution in [0.25, 0.3) is 11.2 Å². The molecule has 2 heterocycles. The highest BCUT2D eigenvalue weighted by Crippen LogP contribution is 2.24. The van der Waals surface area contributed by atoms with Crippen molar-refractivity contribution in [2.45, 2.75) is 32.2 Å². The number of rotatable bonds is 3. The molecule has 0 fully saturated rings. The van der Waals surface area contributed by atoms with Crippen LogP contribution >= 0.6 is 23.2 Å². The van der Waals surface area contributed by atoms with Gasteiger partial charge in [-0.1, -0.05) is 18.5 Å². The molecule has 0 N–H and O–H groups in total. The Morgan fingerprint density at radius 2 is 2.25 bits per heavy atom. The van der Waals surface area contributed by atoms with E-state index in [1.165, 1.54) is 0 Å². The van der Waals surface area contributed by atoms with Crippen molar-refractivity contribution >= 4 is 34.4 Å². The maximum absolute atomic E-state index is 5.90. The summed E-state index contributed by atoms with van der Waals surface area (Å²) < 4.78 is 2.08. The lowest BCUT2D eigenvalue weighted by Crippen LogP contribution is -2.08. The Kier molecular flexibility index (Phi) is 3.36. The first-order chi connectivity index (χ1) is 7.67. The molecule has 0 saturated heterocycles. The zero-order valence-corrected chi connectivity index (χ0v) is 10.8. The predicted molar refractivity (Wildman–Crippen MR) is 67.1 cm³/mol. The molecule has 0 aromatic carbocycles. The summed E-state index contributed by atoms with van der Waals surface area (Å²) in [6, 6.07) is 2.16. The van der Waals surface area contributed by atoms with Crippen molar-refractivity contribution in [3.05, 3.63) is 23.1 Å². The van der Waals surface area contributed by atoms with Crippen LogP contribution in [0.4, 0.5) is 0 Å². The van der Waals surface area contributed by atoms with Crippen LogP contribution in [0.15, 0.2) is 12.3 Å². The summed E-state index contributed by atoms with van der Waals surface area (Å²) in [4.78, 5) is 8.77. The summed E-state index contributed by atoms with van der Waals surface area (Å²) >= 11 is 11.8. The van der Waals surface area contributed by atoms with Gasteiger partial charge in [0.1, 0.15) is 11.3 Å². The van der Waals surface area contributed by atoms with E-state index in [4.69, 9.17) is 23.2 Å². The molecule has 0 aliphatic heterocycles. The molecule has 86 valence electrons. The van der Waals surface area contributed by atoms with Crippen LogP contribution in [0, 0.1) is 0 Å².